The molecule has 56 heavy (non-hydrogen) atoms. The van der Waals surface area contributed by atoms with Crippen LogP contribution in [0.25, 0.3) is 0 Å². The standard InChI is InChI=1S/C49H97N3.2C2H6/c1-40(50-37-36-47(13,14)33-30-44(4,5)6)24-19-21-27-43(29-23-26-42(3)52-39-49(17,18)35-32-46(10,11)12)28-22-20-25-41(2)51-38-48(15,16)34-31-45(7,8)9;2*1-2/h43,50-52H,1-3,19-39H2,4-18H3;2*1-2H3. The largest absolute Gasteiger partial charge is 0.389 e. The van der Waals surface area contributed by atoms with Crippen molar-refractivity contribution in [2.24, 2.45) is 38.4 Å². The Morgan fingerprint density at radius 3 is 1.04 bits per heavy atom. The maximum atomic E-state index is 4.43. The lowest BCUT2D eigenvalue weighted by atomic mass is 9.78. The predicted octanol–water partition coefficient (Wildman–Crippen LogP) is 17.2. The Kier molecular flexibility index (Phi) is 31.3. The number of hydrogen-bond donors (Lipinski definition) is 3. The summed E-state index contributed by atoms with van der Waals surface area (Å²) in [4.78, 5) is 0. The summed E-state index contributed by atoms with van der Waals surface area (Å²) >= 11 is 0. The van der Waals surface area contributed by atoms with Crippen molar-refractivity contribution >= 4 is 0 Å². The van der Waals surface area contributed by atoms with Gasteiger partial charge < -0.3 is 16.0 Å². The molecule has 0 amide bonds. The van der Waals surface area contributed by atoms with Crippen molar-refractivity contribution in [3.8, 4) is 0 Å². The normalized spacial score (nSPS) is 13.1. The van der Waals surface area contributed by atoms with Crippen LogP contribution in [0.5, 0.6) is 0 Å². The molecule has 0 aliphatic carbocycles. The molecule has 0 spiro atoms. The molecule has 0 saturated heterocycles. The fourth-order valence-corrected chi connectivity index (χ4v) is 6.59. The van der Waals surface area contributed by atoms with E-state index in [2.05, 4.69) is 140 Å². The summed E-state index contributed by atoms with van der Waals surface area (Å²) in [6, 6.07) is 0. The van der Waals surface area contributed by atoms with Gasteiger partial charge in [-0.15, -0.1) is 0 Å². The van der Waals surface area contributed by atoms with Gasteiger partial charge in [0.1, 0.15) is 0 Å². The fourth-order valence-electron chi connectivity index (χ4n) is 6.59. The molecule has 0 radical (unpaired) electrons. The van der Waals surface area contributed by atoms with Crippen molar-refractivity contribution in [2.45, 2.75) is 247 Å². The molecule has 0 aromatic rings. The van der Waals surface area contributed by atoms with E-state index in [1.54, 1.807) is 0 Å². The second-order valence-electron chi connectivity index (χ2n) is 23.1. The quantitative estimate of drug-likeness (QED) is 0.0635. The summed E-state index contributed by atoms with van der Waals surface area (Å²) < 4.78 is 0. The molecular formula is C53H109N3. The highest BCUT2D eigenvalue weighted by Crippen LogP contribution is 2.34. The molecule has 0 aromatic carbocycles. The minimum Gasteiger partial charge on any atom is -0.389 e. The van der Waals surface area contributed by atoms with E-state index in [-0.39, 0.29) is 0 Å². The first-order valence-electron chi connectivity index (χ1n) is 23.8. The molecule has 0 heterocycles. The predicted molar refractivity (Wildman–Crippen MR) is 260 cm³/mol. The van der Waals surface area contributed by atoms with Gasteiger partial charge in [-0.1, -0.05) is 183 Å². The van der Waals surface area contributed by atoms with Gasteiger partial charge in [0.15, 0.2) is 0 Å². The third kappa shape index (κ3) is 40.8. The van der Waals surface area contributed by atoms with E-state index >= 15 is 0 Å². The lowest BCUT2D eigenvalue weighted by Crippen LogP contribution is -2.29. The van der Waals surface area contributed by atoms with Gasteiger partial charge in [0.25, 0.3) is 0 Å². The zero-order valence-electron chi connectivity index (χ0n) is 42.5. The van der Waals surface area contributed by atoms with Gasteiger partial charge in [0.2, 0.25) is 0 Å². The zero-order valence-corrected chi connectivity index (χ0v) is 42.5. The van der Waals surface area contributed by atoms with Crippen LogP contribution in [0.15, 0.2) is 36.8 Å². The summed E-state index contributed by atoms with van der Waals surface area (Å²) in [5, 5.41) is 11.1. The van der Waals surface area contributed by atoms with Crippen LogP contribution in [-0.2, 0) is 0 Å². The van der Waals surface area contributed by atoms with Crippen LogP contribution in [0.1, 0.15) is 247 Å². The molecular weight excluding hydrogens is 679 g/mol. The van der Waals surface area contributed by atoms with Crippen LogP contribution in [0.3, 0.4) is 0 Å². The van der Waals surface area contributed by atoms with E-state index < -0.39 is 0 Å². The monoisotopic (exact) mass is 788 g/mol. The zero-order chi connectivity index (χ0) is 44.3. The Labute approximate surface area is 356 Å². The van der Waals surface area contributed by atoms with E-state index in [0.717, 1.165) is 44.8 Å². The Morgan fingerprint density at radius 1 is 0.375 bits per heavy atom. The molecule has 3 heteroatoms. The molecule has 3 N–H and O–H groups in total. The average Bonchev–Trinajstić information content (AvgIpc) is 3.08. The Bertz CT molecular complexity index is 991. The van der Waals surface area contributed by atoms with E-state index in [9.17, 15) is 0 Å². The van der Waals surface area contributed by atoms with Crippen molar-refractivity contribution < 1.29 is 0 Å². The van der Waals surface area contributed by atoms with Gasteiger partial charge in [-0.2, -0.15) is 0 Å². The lowest BCUT2D eigenvalue weighted by molar-refractivity contribution is 0.240. The molecule has 0 aliphatic heterocycles. The molecule has 0 aromatic heterocycles. The molecule has 0 saturated carbocycles. The number of hydrogen-bond acceptors (Lipinski definition) is 3. The van der Waals surface area contributed by atoms with Crippen LogP contribution in [0.4, 0.5) is 0 Å². The van der Waals surface area contributed by atoms with Gasteiger partial charge in [0, 0.05) is 36.7 Å². The molecule has 1 unspecified atom stereocenters. The first kappa shape index (κ1) is 58.9. The maximum Gasteiger partial charge on any atom is 0.0195 e. The Morgan fingerprint density at radius 2 is 0.679 bits per heavy atom. The lowest BCUT2D eigenvalue weighted by Gasteiger charge is -2.30. The molecule has 0 bridgehead atoms. The summed E-state index contributed by atoms with van der Waals surface area (Å²) in [5.74, 6) is 0.790. The van der Waals surface area contributed by atoms with Gasteiger partial charge in [-0.3, -0.25) is 0 Å². The second kappa shape index (κ2) is 29.8. The first-order chi connectivity index (χ1) is 25.6. The highest BCUT2D eigenvalue weighted by Gasteiger charge is 2.24. The van der Waals surface area contributed by atoms with Crippen molar-refractivity contribution in [3.05, 3.63) is 36.8 Å². The Balaban J connectivity index is -0.00000678. The Hall–Kier alpha value is -1.38. The molecule has 3 nitrogen and oxygen atoms in total. The van der Waals surface area contributed by atoms with E-state index in [0.29, 0.717) is 32.5 Å². The summed E-state index contributed by atoms with van der Waals surface area (Å²) in [6.45, 7) is 59.9. The highest BCUT2D eigenvalue weighted by atomic mass is 14.9. The van der Waals surface area contributed by atoms with E-state index in [1.165, 1.54) is 113 Å². The summed E-state index contributed by atoms with van der Waals surface area (Å²) in [5.41, 5.74) is 5.83. The number of rotatable bonds is 30. The van der Waals surface area contributed by atoms with Crippen molar-refractivity contribution in [3.63, 3.8) is 0 Å². The minimum atomic E-state index is 0.293. The van der Waals surface area contributed by atoms with Crippen LogP contribution in [0, 0.1) is 38.4 Å². The third-order valence-electron chi connectivity index (χ3n) is 11.2. The molecule has 1 atom stereocenters. The summed E-state index contributed by atoms with van der Waals surface area (Å²) in [6.07, 6.45) is 22.3. The van der Waals surface area contributed by atoms with Crippen molar-refractivity contribution in [1.82, 2.24) is 16.0 Å². The second-order valence-corrected chi connectivity index (χ2v) is 23.1. The number of allylic oxidation sites excluding steroid dienone is 3. The molecule has 336 valence electrons. The maximum absolute atomic E-state index is 4.43. The fraction of sp³-hybridized carbons (Fsp3) is 0.887. The smallest absolute Gasteiger partial charge is 0.0195 e. The van der Waals surface area contributed by atoms with Crippen molar-refractivity contribution in [2.75, 3.05) is 19.6 Å². The van der Waals surface area contributed by atoms with Gasteiger partial charge in [-0.25, -0.2) is 0 Å². The van der Waals surface area contributed by atoms with Gasteiger partial charge in [0.05, 0.1) is 0 Å². The van der Waals surface area contributed by atoms with Gasteiger partial charge >= 0.3 is 0 Å². The van der Waals surface area contributed by atoms with Crippen molar-refractivity contribution in [1.29, 1.82) is 0 Å². The average molecular weight is 788 g/mol. The van der Waals surface area contributed by atoms with Crippen LogP contribution in [0.2, 0.25) is 0 Å². The van der Waals surface area contributed by atoms with Crippen LogP contribution >= 0.6 is 0 Å². The van der Waals surface area contributed by atoms with Gasteiger partial charge in [-0.05, 0) is 122 Å². The third-order valence-corrected chi connectivity index (χ3v) is 11.2. The van der Waals surface area contributed by atoms with E-state index in [4.69, 9.17) is 0 Å². The van der Waals surface area contributed by atoms with E-state index in [1.807, 2.05) is 27.7 Å². The number of unbranched alkanes of at least 4 members (excludes halogenated alkanes) is 2. The molecule has 0 aliphatic rings. The minimum absolute atomic E-state index is 0.293. The SMILES string of the molecule is C=C(CCCCC(CCCCC(=C)NCC(C)(C)CCC(C)(C)C)CCCC(=C)NCC(C)(C)CCC(C)(C)C)NCCC(C)(C)CCC(C)(C)C.CC.CC. The van der Waals surface area contributed by atoms with Crippen LogP contribution < -0.4 is 16.0 Å². The summed E-state index contributed by atoms with van der Waals surface area (Å²) in [7, 11) is 0. The highest BCUT2D eigenvalue weighted by molar-refractivity contribution is 4.95. The van der Waals surface area contributed by atoms with Crippen LogP contribution in [-0.4, -0.2) is 19.6 Å². The molecule has 0 fully saturated rings. The first-order valence-corrected chi connectivity index (χ1v) is 23.8. The number of nitrogens with one attached hydrogen (secondary N) is 3. The topological polar surface area (TPSA) is 36.1 Å². The molecule has 0 rings (SSSR count).